The van der Waals surface area contributed by atoms with Gasteiger partial charge in [-0.3, -0.25) is 9.20 Å². The predicted molar refractivity (Wildman–Crippen MR) is 88.7 cm³/mol. The quantitative estimate of drug-likeness (QED) is 0.795. The summed E-state index contributed by atoms with van der Waals surface area (Å²) in [6.45, 7) is 6.19. The zero-order chi connectivity index (χ0) is 15.9. The summed E-state index contributed by atoms with van der Waals surface area (Å²) in [7, 11) is 0. The average molecular weight is 314 g/mol. The fourth-order valence-electron chi connectivity index (χ4n) is 2.79. The normalized spacial score (nSPS) is 11.2. The van der Waals surface area contributed by atoms with Crippen LogP contribution >= 0.6 is 11.3 Å². The lowest BCUT2D eigenvalue weighted by atomic mass is 10.1. The Morgan fingerprint density at radius 2 is 1.91 bits per heavy atom. The number of aliphatic carboxylic acids is 1. The maximum absolute atomic E-state index is 11.3. The minimum Gasteiger partial charge on any atom is -0.481 e. The molecule has 0 saturated heterocycles. The smallest absolute Gasteiger partial charge is 0.309 e. The molecule has 0 fully saturated rings. The highest BCUT2D eigenvalue weighted by atomic mass is 32.1. The first-order valence-corrected chi connectivity index (χ1v) is 8.11. The van der Waals surface area contributed by atoms with Crippen molar-refractivity contribution in [2.24, 2.45) is 0 Å². The van der Waals surface area contributed by atoms with Gasteiger partial charge >= 0.3 is 5.97 Å². The molecule has 3 aromatic rings. The van der Waals surface area contributed by atoms with Gasteiger partial charge in [0.05, 0.1) is 17.8 Å². The Hall–Kier alpha value is -2.14. The van der Waals surface area contributed by atoms with Crippen molar-refractivity contribution in [1.29, 1.82) is 0 Å². The Kier molecular flexibility index (Phi) is 3.74. The fraction of sp³-hybridized carbons (Fsp3) is 0.294. The molecule has 2 heterocycles. The van der Waals surface area contributed by atoms with E-state index in [1.165, 1.54) is 10.4 Å². The van der Waals surface area contributed by atoms with Gasteiger partial charge in [0.25, 0.3) is 0 Å². The Labute approximate surface area is 133 Å². The van der Waals surface area contributed by atoms with Crippen LogP contribution in [0.15, 0.2) is 24.3 Å². The van der Waals surface area contributed by atoms with E-state index in [0.717, 1.165) is 34.0 Å². The molecule has 4 nitrogen and oxygen atoms in total. The molecule has 1 N–H and O–H groups in total. The second kappa shape index (κ2) is 5.57. The number of thiazole rings is 1. The summed E-state index contributed by atoms with van der Waals surface area (Å²) < 4.78 is 2.03. The highest BCUT2D eigenvalue weighted by Crippen LogP contribution is 2.31. The molecule has 1 aromatic carbocycles. The number of rotatable bonds is 4. The third-order valence-electron chi connectivity index (χ3n) is 3.84. The van der Waals surface area contributed by atoms with Gasteiger partial charge in [-0.25, -0.2) is 4.98 Å². The Morgan fingerprint density at radius 3 is 2.50 bits per heavy atom. The maximum atomic E-state index is 11.3. The number of aromatic nitrogens is 2. The molecule has 5 heteroatoms. The van der Waals surface area contributed by atoms with Crippen LogP contribution in [0.1, 0.15) is 28.8 Å². The van der Waals surface area contributed by atoms with E-state index < -0.39 is 5.97 Å². The summed E-state index contributed by atoms with van der Waals surface area (Å²) in [6.07, 6.45) is 0.843. The molecule has 3 rings (SSSR count). The lowest BCUT2D eigenvalue weighted by Gasteiger charge is -2.05. The molecule has 0 spiro atoms. The summed E-state index contributed by atoms with van der Waals surface area (Å²) in [5.74, 6) is -0.832. The van der Waals surface area contributed by atoms with Crippen LogP contribution < -0.4 is 0 Å². The average Bonchev–Trinajstić information content (AvgIpc) is 2.95. The number of aryl methyl sites for hydroxylation is 3. The first kappa shape index (κ1) is 14.8. The standard InChI is InChI=1S/C17H18N2O2S/c1-4-13-11(3)22-17-18-16(12-7-5-10(2)6-8-12)14(19(13)17)9-15(20)21/h5-8H,4,9H2,1-3H3,(H,20,21). The van der Waals surface area contributed by atoms with E-state index in [9.17, 15) is 9.90 Å². The van der Waals surface area contributed by atoms with E-state index in [4.69, 9.17) is 4.98 Å². The molecule has 0 bridgehead atoms. The molecule has 22 heavy (non-hydrogen) atoms. The largest absolute Gasteiger partial charge is 0.481 e. The SMILES string of the molecule is CCc1c(C)sc2nc(-c3ccc(C)cc3)c(CC(=O)O)n12. The summed E-state index contributed by atoms with van der Waals surface area (Å²) in [5, 5.41) is 9.29. The third-order valence-corrected chi connectivity index (χ3v) is 4.84. The Balaban J connectivity index is 2.27. The van der Waals surface area contributed by atoms with Crippen molar-refractivity contribution in [2.45, 2.75) is 33.6 Å². The van der Waals surface area contributed by atoms with Crippen LogP contribution in [0.25, 0.3) is 16.2 Å². The first-order chi connectivity index (χ1) is 10.5. The molecule has 0 unspecified atom stereocenters. The van der Waals surface area contributed by atoms with Crippen LogP contribution in [-0.4, -0.2) is 20.5 Å². The molecule has 0 aliphatic carbocycles. The van der Waals surface area contributed by atoms with Gasteiger partial charge in [0.15, 0.2) is 4.96 Å². The van der Waals surface area contributed by atoms with Crippen molar-refractivity contribution in [1.82, 2.24) is 9.38 Å². The number of carboxylic acid groups (broad SMARTS) is 1. The second-order valence-corrected chi connectivity index (χ2v) is 6.60. The molecule has 0 aliphatic rings. The van der Waals surface area contributed by atoms with Crippen molar-refractivity contribution in [3.05, 3.63) is 46.1 Å². The van der Waals surface area contributed by atoms with E-state index >= 15 is 0 Å². The number of benzene rings is 1. The van der Waals surface area contributed by atoms with Gasteiger partial charge in [-0.1, -0.05) is 36.8 Å². The molecule has 0 atom stereocenters. The van der Waals surface area contributed by atoms with Crippen LogP contribution in [-0.2, 0) is 17.6 Å². The van der Waals surface area contributed by atoms with E-state index in [0.29, 0.717) is 0 Å². The zero-order valence-corrected chi connectivity index (χ0v) is 13.7. The van der Waals surface area contributed by atoms with Gasteiger partial charge in [0.1, 0.15) is 0 Å². The fourth-order valence-corrected chi connectivity index (χ4v) is 3.86. The summed E-state index contributed by atoms with van der Waals surface area (Å²) >= 11 is 1.62. The lowest BCUT2D eigenvalue weighted by molar-refractivity contribution is -0.136. The number of carboxylic acids is 1. The molecule has 0 saturated carbocycles. The van der Waals surface area contributed by atoms with Crippen molar-refractivity contribution < 1.29 is 9.90 Å². The van der Waals surface area contributed by atoms with Crippen molar-refractivity contribution in [2.75, 3.05) is 0 Å². The first-order valence-electron chi connectivity index (χ1n) is 7.29. The molecule has 0 aliphatic heterocycles. The number of carbonyl (C=O) groups is 1. The maximum Gasteiger partial charge on any atom is 0.309 e. The van der Waals surface area contributed by atoms with Gasteiger partial charge in [0.2, 0.25) is 0 Å². The van der Waals surface area contributed by atoms with Crippen molar-refractivity contribution in [3.63, 3.8) is 0 Å². The number of hydrogen-bond donors (Lipinski definition) is 1. The van der Waals surface area contributed by atoms with Gasteiger partial charge in [-0.2, -0.15) is 0 Å². The van der Waals surface area contributed by atoms with E-state index in [-0.39, 0.29) is 6.42 Å². The van der Waals surface area contributed by atoms with Crippen LogP contribution in [0, 0.1) is 13.8 Å². The van der Waals surface area contributed by atoms with Crippen molar-refractivity contribution >= 4 is 22.3 Å². The number of hydrogen-bond acceptors (Lipinski definition) is 3. The Bertz CT molecular complexity index is 844. The summed E-state index contributed by atoms with van der Waals surface area (Å²) in [5.41, 5.74) is 4.85. The number of nitrogens with zero attached hydrogens (tertiary/aromatic N) is 2. The monoisotopic (exact) mass is 314 g/mol. The van der Waals surface area contributed by atoms with E-state index in [2.05, 4.69) is 13.8 Å². The summed E-state index contributed by atoms with van der Waals surface area (Å²) in [4.78, 5) is 18.1. The molecular formula is C17H18N2O2S. The molecular weight excluding hydrogens is 296 g/mol. The van der Waals surface area contributed by atoms with Crippen LogP contribution in [0.4, 0.5) is 0 Å². The van der Waals surface area contributed by atoms with Crippen LogP contribution in [0.3, 0.4) is 0 Å². The predicted octanol–water partition coefficient (Wildman–Crippen LogP) is 3.87. The number of imidazole rings is 1. The van der Waals surface area contributed by atoms with Gasteiger partial charge < -0.3 is 5.11 Å². The zero-order valence-electron chi connectivity index (χ0n) is 12.9. The molecule has 114 valence electrons. The topological polar surface area (TPSA) is 54.6 Å². The van der Waals surface area contributed by atoms with E-state index in [1.807, 2.05) is 35.6 Å². The van der Waals surface area contributed by atoms with E-state index in [1.54, 1.807) is 11.3 Å². The van der Waals surface area contributed by atoms with Gasteiger partial charge in [-0.15, -0.1) is 11.3 Å². The summed E-state index contributed by atoms with van der Waals surface area (Å²) in [6, 6.07) is 8.07. The molecule has 0 radical (unpaired) electrons. The lowest BCUT2D eigenvalue weighted by Crippen LogP contribution is -2.06. The number of fused-ring (bicyclic) bond motifs is 1. The minimum absolute atomic E-state index is 0.0203. The Morgan fingerprint density at radius 1 is 1.23 bits per heavy atom. The minimum atomic E-state index is -0.832. The highest BCUT2D eigenvalue weighted by molar-refractivity contribution is 7.17. The second-order valence-electron chi connectivity index (χ2n) is 5.42. The van der Waals surface area contributed by atoms with Gasteiger partial charge in [0, 0.05) is 16.1 Å². The van der Waals surface area contributed by atoms with Crippen LogP contribution in [0.5, 0.6) is 0 Å². The highest BCUT2D eigenvalue weighted by Gasteiger charge is 2.21. The van der Waals surface area contributed by atoms with Crippen molar-refractivity contribution in [3.8, 4) is 11.3 Å². The van der Waals surface area contributed by atoms with Crippen LogP contribution in [0.2, 0.25) is 0 Å². The molecule has 2 aromatic heterocycles. The third kappa shape index (κ3) is 2.41. The van der Waals surface area contributed by atoms with Gasteiger partial charge in [-0.05, 0) is 20.3 Å². The molecule has 0 amide bonds.